The number of halogens is 2. The van der Waals surface area contributed by atoms with E-state index in [0.717, 1.165) is 11.1 Å². The van der Waals surface area contributed by atoms with Crippen LogP contribution < -0.4 is 10.1 Å². The molecule has 4 rings (SSSR count). The van der Waals surface area contributed by atoms with Crippen molar-refractivity contribution in [3.63, 3.8) is 0 Å². The summed E-state index contributed by atoms with van der Waals surface area (Å²) in [5.41, 5.74) is 3.14. The summed E-state index contributed by atoms with van der Waals surface area (Å²) in [6, 6.07) is 16.3. The summed E-state index contributed by atoms with van der Waals surface area (Å²) >= 11 is 12.0. The van der Waals surface area contributed by atoms with Crippen LogP contribution >= 0.6 is 23.2 Å². The number of nitrogens with one attached hydrogen (secondary N) is 2. The smallest absolute Gasteiger partial charge is 0.275 e. The average Bonchev–Trinajstić information content (AvgIpc) is 3.28. The molecule has 2 N–H and O–H groups in total. The number of aryl methyl sites for hydroxylation is 2. The Morgan fingerprint density at radius 1 is 1.03 bits per heavy atom. The van der Waals surface area contributed by atoms with Crippen molar-refractivity contribution < 1.29 is 14.5 Å². The number of hydrogen-bond donors (Lipinski definition) is 2. The van der Waals surface area contributed by atoms with Crippen LogP contribution in [-0.2, 0) is 0 Å². The lowest BCUT2D eigenvalue weighted by Gasteiger charge is -2.11. The Hall–Kier alpha value is -3.88. The number of nitrogens with zero attached hydrogens (tertiary/aromatic N) is 2. The highest BCUT2D eigenvalue weighted by Gasteiger charge is 2.16. The van der Waals surface area contributed by atoms with E-state index < -0.39 is 10.8 Å². The van der Waals surface area contributed by atoms with Crippen molar-refractivity contribution in [2.75, 3.05) is 5.32 Å². The third kappa shape index (κ3) is 5.19. The minimum Gasteiger partial charge on any atom is -0.457 e. The lowest BCUT2D eigenvalue weighted by molar-refractivity contribution is -0.384. The predicted octanol–water partition coefficient (Wildman–Crippen LogP) is 6.95. The van der Waals surface area contributed by atoms with E-state index in [-0.39, 0.29) is 22.8 Å². The number of H-pyrrole nitrogens is 1. The first kappa shape index (κ1) is 23.3. The van der Waals surface area contributed by atoms with Crippen LogP contribution in [0, 0.1) is 24.0 Å². The molecule has 172 valence electrons. The highest BCUT2D eigenvalue weighted by atomic mass is 35.5. The van der Waals surface area contributed by atoms with Gasteiger partial charge in [-0.3, -0.25) is 20.0 Å². The van der Waals surface area contributed by atoms with Crippen molar-refractivity contribution in [1.82, 2.24) is 10.2 Å². The van der Waals surface area contributed by atoms with Crippen molar-refractivity contribution in [3.8, 4) is 22.8 Å². The molecule has 0 spiro atoms. The quantitative estimate of drug-likeness (QED) is 0.221. The second-order valence-electron chi connectivity index (χ2n) is 7.59. The zero-order valence-corrected chi connectivity index (χ0v) is 19.6. The van der Waals surface area contributed by atoms with Crippen LogP contribution in [0.4, 0.5) is 11.4 Å². The second kappa shape index (κ2) is 9.54. The molecule has 1 heterocycles. The maximum Gasteiger partial charge on any atom is 0.275 e. The molecule has 0 fully saturated rings. The maximum atomic E-state index is 12.8. The van der Waals surface area contributed by atoms with Crippen LogP contribution in [0.1, 0.15) is 21.6 Å². The van der Waals surface area contributed by atoms with E-state index in [9.17, 15) is 14.9 Å². The van der Waals surface area contributed by atoms with Gasteiger partial charge in [-0.25, -0.2) is 0 Å². The van der Waals surface area contributed by atoms with E-state index in [2.05, 4.69) is 15.5 Å². The van der Waals surface area contributed by atoms with Crippen LogP contribution in [0.3, 0.4) is 0 Å². The van der Waals surface area contributed by atoms with Gasteiger partial charge in [-0.15, -0.1) is 0 Å². The molecule has 0 radical (unpaired) electrons. The first-order valence-electron chi connectivity index (χ1n) is 10.1. The fourth-order valence-corrected chi connectivity index (χ4v) is 3.50. The maximum absolute atomic E-state index is 12.8. The topological polar surface area (TPSA) is 110 Å². The Morgan fingerprint density at radius 2 is 1.82 bits per heavy atom. The van der Waals surface area contributed by atoms with E-state index in [4.69, 9.17) is 27.9 Å². The first-order valence-corrected chi connectivity index (χ1v) is 10.8. The molecule has 34 heavy (non-hydrogen) atoms. The molecule has 3 aromatic carbocycles. The number of ether oxygens (including phenoxy) is 1. The summed E-state index contributed by atoms with van der Waals surface area (Å²) in [6.07, 6.45) is 0. The third-order valence-electron chi connectivity index (χ3n) is 4.97. The van der Waals surface area contributed by atoms with E-state index in [1.807, 2.05) is 32.0 Å². The van der Waals surface area contributed by atoms with E-state index >= 15 is 0 Å². The number of anilines is 1. The fraction of sp³-hybridized carbons (Fsp3) is 0.0833. The van der Waals surface area contributed by atoms with Crippen molar-refractivity contribution in [2.24, 2.45) is 0 Å². The molecule has 0 atom stereocenters. The highest BCUT2D eigenvalue weighted by molar-refractivity contribution is 6.42. The molecule has 1 amide bonds. The largest absolute Gasteiger partial charge is 0.457 e. The molecule has 0 saturated carbocycles. The minimum absolute atomic E-state index is 0.157. The van der Waals surface area contributed by atoms with Crippen LogP contribution in [0.2, 0.25) is 10.0 Å². The van der Waals surface area contributed by atoms with Crippen LogP contribution in [0.25, 0.3) is 11.3 Å². The number of carbonyl (C=O) groups excluding carboxylic acids is 1. The first-order chi connectivity index (χ1) is 16.2. The summed E-state index contributed by atoms with van der Waals surface area (Å²) in [6.45, 7) is 3.79. The molecule has 0 aliphatic rings. The normalized spacial score (nSPS) is 10.7. The molecule has 1 aromatic heterocycles. The second-order valence-corrected chi connectivity index (χ2v) is 8.41. The van der Waals surface area contributed by atoms with Crippen LogP contribution in [0.15, 0.2) is 60.7 Å². The average molecular weight is 497 g/mol. The SMILES string of the molecule is Cc1ccc(C)c(Oc2cc(NC(=O)c3cc(-c4ccc(Cl)c(Cl)c4)n[nH]3)cc([N+](=O)[O-])c2)c1. The van der Waals surface area contributed by atoms with Gasteiger partial charge < -0.3 is 10.1 Å². The van der Waals surface area contributed by atoms with Crippen LogP contribution in [0.5, 0.6) is 11.5 Å². The standard InChI is InChI=1S/C24H18Cl2N4O4/c1-13-3-4-14(2)23(7-13)34-18-10-16(9-17(11-18)30(32)33)27-24(31)22-12-21(28-29-22)15-5-6-19(25)20(26)8-15/h3-12H,1-2H3,(H,27,31)(H,28,29). The van der Waals surface area contributed by atoms with Gasteiger partial charge in [0.05, 0.1) is 32.4 Å². The molecule has 8 nitrogen and oxygen atoms in total. The highest BCUT2D eigenvalue weighted by Crippen LogP contribution is 2.32. The van der Waals surface area contributed by atoms with Gasteiger partial charge >= 0.3 is 0 Å². The zero-order chi connectivity index (χ0) is 24.4. The van der Waals surface area contributed by atoms with Gasteiger partial charge in [0.1, 0.15) is 17.2 Å². The van der Waals surface area contributed by atoms with Gasteiger partial charge in [-0.05, 0) is 49.2 Å². The van der Waals surface area contributed by atoms with Crippen molar-refractivity contribution in [2.45, 2.75) is 13.8 Å². The van der Waals surface area contributed by atoms with Crippen molar-refractivity contribution >= 4 is 40.5 Å². The molecule has 0 aliphatic carbocycles. The zero-order valence-electron chi connectivity index (χ0n) is 18.1. The van der Waals surface area contributed by atoms with E-state index in [1.54, 1.807) is 24.3 Å². The summed E-state index contributed by atoms with van der Waals surface area (Å²) < 4.78 is 5.89. The predicted molar refractivity (Wildman–Crippen MR) is 131 cm³/mol. The number of hydrogen-bond acceptors (Lipinski definition) is 5. The molecule has 0 aliphatic heterocycles. The van der Waals surface area contributed by atoms with Gasteiger partial charge in [0.25, 0.3) is 11.6 Å². The number of nitro benzene ring substituents is 1. The number of carbonyl (C=O) groups is 1. The Bertz CT molecular complexity index is 1420. The summed E-state index contributed by atoms with van der Waals surface area (Å²) in [5.74, 6) is 0.258. The minimum atomic E-state index is -0.551. The van der Waals surface area contributed by atoms with Crippen molar-refractivity contribution in [3.05, 3.63) is 97.6 Å². The van der Waals surface area contributed by atoms with Gasteiger partial charge in [0.15, 0.2) is 0 Å². The summed E-state index contributed by atoms with van der Waals surface area (Å²) in [5, 5.41) is 21.7. The van der Waals surface area contributed by atoms with Gasteiger partial charge in [-0.2, -0.15) is 5.10 Å². The third-order valence-corrected chi connectivity index (χ3v) is 5.71. The molecule has 0 bridgehead atoms. The Balaban J connectivity index is 1.59. The number of aromatic nitrogens is 2. The van der Waals surface area contributed by atoms with Gasteiger partial charge in [0, 0.05) is 17.7 Å². The molecular weight excluding hydrogens is 479 g/mol. The summed E-state index contributed by atoms with van der Waals surface area (Å²) in [7, 11) is 0. The number of non-ortho nitro benzene ring substituents is 1. The van der Waals surface area contributed by atoms with E-state index in [0.29, 0.717) is 27.1 Å². The van der Waals surface area contributed by atoms with E-state index in [1.165, 1.54) is 18.2 Å². The van der Waals surface area contributed by atoms with Crippen LogP contribution in [-0.4, -0.2) is 21.0 Å². The number of nitro groups is 1. The number of amides is 1. The van der Waals surface area contributed by atoms with Crippen molar-refractivity contribution in [1.29, 1.82) is 0 Å². The molecule has 0 unspecified atom stereocenters. The summed E-state index contributed by atoms with van der Waals surface area (Å²) in [4.78, 5) is 23.7. The molecule has 0 saturated heterocycles. The Morgan fingerprint density at radius 3 is 2.56 bits per heavy atom. The Labute approximate surface area is 204 Å². The van der Waals surface area contributed by atoms with Gasteiger partial charge in [0.2, 0.25) is 0 Å². The lowest BCUT2D eigenvalue weighted by atomic mass is 10.1. The van der Waals surface area contributed by atoms with Gasteiger partial charge in [-0.1, -0.05) is 41.4 Å². The fourth-order valence-electron chi connectivity index (χ4n) is 3.20. The lowest BCUT2D eigenvalue weighted by Crippen LogP contribution is -2.12. The monoisotopic (exact) mass is 496 g/mol. The molecule has 4 aromatic rings. The number of benzene rings is 3. The Kier molecular flexibility index (Phi) is 6.54. The molecular formula is C24H18Cl2N4O4. The molecule has 10 heteroatoms. The number of rotatable bonds is 6. The number of aromatic amines is 1.